The quantitative estimate of drug-likeness (QED) is 0.543. The van der Waals surface area contributed by atoms with Gasteiger partial charge in [0, 0.05) is 24.6 Å². The van der Waals surface area contributed by atoms with Crippen LogP contribution in [0.5, 0.6) is 0 Å². The molecule has 0 aliphatic rings. The van der Waals surface area contributed by atoms with Gasteiger partial charge in [0.2, 0.25) is 5.88 Å². The van der Waals surface area contributed by atoms with Crippen molar-refractivity contribution in [1.29, 1.82) is 10.5 Å². The normalized spacial score (nSPS) is 10.2. The van der Waals surface area contributed by atoms with E-state index in [9.17, 15) is 14.9 Å². The van der Waals surface area contributed by atoms with Gasteiger partial charge in [-0.1, -0.05) is 17.7 Å². The summed E-state index contributed by atoms with van der Waals surface area (Å²) in [5, 5.41) is 18.5. The van der Waals surface area contributed by atoms with Gasteiger partial charge in [0.25, 0.3) is 5.91 Å². The number of ether oxygens (including phenoxy) is 1. The van der Waals surface area contributed by atoms with Crippen LogP contribution in [0.3, 0.4) is 0 Å². The van der Waals surface area contributed by atoms with Crippen molar-refractivity contribution in [3.63, 3.8) is 0 Å². The summed E-state index contributed by atoms with van der Waals surface area (Å²) in [5.74, 6) is -0.873. The number of nitriles is 2. The molecule has 0 aliphatic carbocycles. The van der Waals surface area contributed by atoms with E-state index in [-0.39, 0.29) is 35.7 Å². The first-order chi connectivity index (χ1) is 15.0. The van der Waals surface area contributed by atoms with E-state index in [2.05, 4.69) is 0 Å². The number of rotatable bonds is 7. The Kier molecular flexibility index (Phi) is 6.54. The van der Waals surface area contributed by atoms with E-state index in [4.69, 9.17) is 14.4 Å². The Balaban J connectivity index is 1.78. The Morgan fingerprint density at radius 2 is 1.81 bits per heavy atom. The second-order valence-corrected chi connectivity index (χ2v) is 6.78. The highest BCUT2D eigenvalue weighted by Gasteiger charge is 2.27. The maximum Gasteiger partial charge on any atom is 0.343 e. The number of carbonyl (C=O) groups excluding carboxylic acids is 2. The van der Waals surface area contributed by atoms with E-state index >= 15 is 0 Å². The standard InChI is InChI=1S/C23H20N4O4/c1-16-6-8-18(9-7-16)27(13-5-10-24)20(28)15-30-23(29)21-17(2)31-22(19(21)14-25)26-11-3-4-12-26/h3-4,6-9,11-12H,5,13,15H2,1-2H3. The molecular weight excluding hydrogens is 396 g/mol. The van der Waals surface area contributed by atoms with Crippen LogP contribution in [0.15, 0.2) is 53.2 Å². The second-order valence-electron chi connectivity index (χ2n) is 6.78. The molecule has 0 spiro atoms. The number of hydrogen-bond acceptors (Lipinski definition) is 6. The zero-order valence-electron chi connectivity index (χ0n) is 17.2. The molecule has 1 aromatic carbocycles. The van der Waals surface area contributed by atoms with Crippen molar-refractivity contribution in [3.8, 4) is 18.0 Å². The molecule has 0 saturated heterocycles. The first-order valence-electron chi connectivity index (χ1n) is 9.54. The van der Waals surface area contributed by atoms with Gasteiger partial charge in [0.1, 0.15) is 23.0 Å². The van der Waals surface area contributed by atoms with Gasteiger partial charge >= 0.3 is 5.97 Å². The third-order valence-electron chi connectivity index (χ3n) is 4.64. The molecule has 0 bridgehead atoms. The van der Waals surface area contributed by atoms with Crippen LogP contribution in [0, 0.1) is 36.5 Å². The van der Waals surface area contributed by atoms with Gasteiger partial charge in [-0.15, -0.1) is 0 Å². The number of anilines is 1. The number of esters is 1. The van der Waals surface area contributed by atoms with Crippen LogP contribution in [0.1, 0.15) is 33.7 Å². The predicted molar refractivity (Wildman–Crippen MR) is 112 cm³/mol. The molecule has 8 heteroatoms. The molecule has 0 saturated carbocycles. The lowest BCUT2D eigenvalue weighted by atomic mass is 10.1. The van der Waals surface area contributed by atoms with Crippen molar-refractivity contribution >= 4 is 17.6 Å². The largest absolute Gasteiger partial charge is 0.452 e. The molecule has 156 valence electrons. The van der Waals surface area contributed by atoms with Crippen molar-refractivity contribution in [2.45, 2.75) is 20.3 Å². The molecule has 8 nitrogen and oxygen atoms in total. The molecule has 0 radical (unpaired) electrons. The lowest BCUT2D eigenvalue weighted by Gasteiger charge is -2.21. The molecule has 0 fully saturated rings. The van der Waals surface area contributed by atoms with Crippen molar-refractivity contribution in [3.05, 3.63) is 71.2 Å². The van der Waals surface area contributed by atoms with Gasteiger partial charge in [-0.3, -0.25) is 9.36 Å². The van der Waals surface area contributed by atoms with Crippen molar-refractivity contribution in [1.82, 2.24) is 4.57 Å². The van der Waals surface area contributed by atoms with Gasteiger partial charge in [0.05, 0.1) is 12.5 Å². The van der Waals surface area contributed by atoms with Gasteiger partial charge in [-0.2, -0.15) is 10.5 Å². The summed E-state index contributed by atoms with van der Waals surface area (Å²) in [6.07, 6.45) is 3.51. The summed E-state index contributed by atoms with van der Waals surface area (Å²) in [6, 6.07) is 14.7. The number of aromatic nitrogens is 1. The Morgan fingerprint density at radius 3 is 2.42 bits per heavy atom. The van der Waals surface area contributed by atoms with Crippen LogP contribution in [-0.4, -0.2) is 29.6 Å². The van der Waals surface area contributed by atoms with Crippen LogP contribution < -0.4 is 4.90 Å². The molecule has 1 amide bonds. The minimum atomic E-state index is -0.825. The minimum Gasteiger partial charge on any atom is -0.452 e. The Bertz CT molecular complexity index is 1160. The third-order valence-corrected chi connectivity index (χ3v) is 4.64. The first-order valence-corrected chi connectivity index (χ1v) is 9.54. The molecular formula is C23H20N4O4. The van der Waals surface area contributed by atoms with Crippen LogP contribution in [-0.2, 0) is 9.53 Å². The zero-order chi connectivity index (χ0) is 22.4. The van der Waals surface area contributed by atoms with Crippen molar-refractivity contribution in [2.24, 2.45) is 0 Å². The highest BCUT2D eigenvalue weighted by Crippen LogP contribution is 2.26. The summed E-state index contributed by atoms with van der Waals surface area (Å²) >= 11 is 0. The summed E-state index contributed by atoms with van der Waals surface area (Å²) in [4.78, 5) is 26.8. The molecule has 0 aliphatic heterocycles. The Morgan fingerprint density at radius 1 is 1.13 bits per heavy atom. The lowest BCUT2D eigenvalue weighted by Crippen LogP contribution is -2.35. The average Bonchev–Trinajstić information content (AvgIpc) is 3.40. The van der Waals surface area contributed by atoms with E-state index < -0.39 is 18.5 Å². The van der Waals surface area contributed by atoms with E-state index in [0.717, 1.165) is 5.56 Å². The summed E-state index contributed by atoms with van der Waals surface area (Å²) in [5.41, 5.74) is 1.65. The summed E-state index contributed by atoms with van der Waals surface area (Å²) < 4.78 is 12.4. The lowest BCUT2D eigenvalue weighted by molar-refractivity contribution is -0.121. The predicted octanol–water partition coefficient (Wildman–Crippen LogP) is 3.66. The van der Waals surface area contributed by atoms with Crippen LogP contribution in [0.25, 0.3) is 5.88 Å². The molecule has 0 N–H and O–H groups in total. The fourth-order valence-electron chi connectivity index (χ4n) is 3.09. The van der Waals surface area contributed by atoms with Gasteiger partial charge in [-0.25, -0.2) is 4.79 Å². The molecule has 3 rings (SSSR count). The van der Waals surface area contributed by atoms with Gasteiger partial charge in [-0.05, 0) is 38.1 Å². The maximum atomic E-state index is 12.7. The van der Waals surface area contributed by atoms with Crippen LogP contribution >= 0.6 is 0 Å². The van der Waals surface area contributed by atoms with E-state index in [0.29, 0.717) is 5.69 Å². The van der Waals surface area contributed by atoms with Crippen molar-refractivity contribution < 1.29 is 18.7 Å². The Labute approximate surface area is 179 Å². The average molecular weight is 416 g/mol. The zero-order valence-corrected chi connectivity index (χ0v) is 17.2. The highest BCUT2D eigenvalue weighted by molar-refractivity contribution is 5.98. The maximum absolute atomic E-state index is 12.7. The number of amides is 1. The summed E-state index contributed by atoms with van der Waals surface area (Å²) in [7, 11) is 0. The molecule has 0 atom stereocenters. The van der Waals surface area contributed by atoms with E-state index in [1.807, 2.05) is 31.2 Å². The smallest absolute Gasteiger partial charge is 0.343 e. The number of hydrogen-bond donors (Lipinski definition) is 0. The fraction of sp³-hybridized carbons (Fsp3) is 0.217. The fourth-order valence-corrected chi connectivity index (χ4v) is 3.09. The summed E-state index contributed by atoms with van der Waals surface area (Å²) in [6.45, 7) is 3.11. The molecule has 0 unspecified atom stereocenters. The second kappa shape index (κ2) is 9.47. The number of furan rings is 1. The number of benzene rings is 1. The molecule has 3 aromatic rings. The van der Waals surface area contributed by atoms with E-state index in [1.54, 1.807) is 48.1 Å². The van der Waals surface area contributed by atoms with Gasteiger partial charge in [0.15, 0.2) is 6.61 Å². The van der Waals surface area contributed by atoms with Gasteiger partial charge < -0.3 is 14.1 Å². The number of carbonyl (C=O) groups is 2. The topological polar surface area (TPSA) is 112 Å². The third kappa shape index (κ3) is 4.65. The first kappa shape index (κ1) is 21.4. The van der Waals surface area contributed by atoms with Crippen molar-refractivity contribution in [2.75, 3.05) is 18.1 Å². The molecule has 31 heavy (non-hydrogen) atoms. The molecule has 2 aromatic heterocycles. The minimum absolute atomic E-state index is 0.0158. The van der Waals surface area contributed by atoms with Crippen LogP contribution in [0.4, 0.5) is 5.69 Å². The highest BCUT2D eigenvalue weighted by atomic mass is 16.5. The van der Waals surface area contributed by atoms with E-state index in [1.165, 1.54) is 4.90 Å². The monoisotopic (exact) mass is 416 g/mol. The number of nitrogens with zero attached hydrogens (tertiary/aromatic N) is 4. The number of aryl methyl sites for hydroxylation is 2. The molecule has 2 heterocycles. The SMILES string of the molecule is Cc1ccc(N(CCC#N)C(=O)COC(=O)c2c(C)oc(-n3cccc3)c2C#N)cc1. The van der Waals surface area contributed by atoms with Crippen LogP contribution in [0.2, 0.25) is 0 Å². The Hall–Kier alpha value is -4.30.